The van der Waals surface area contributed by atoms with Gasteiger partial charge in [-0.25, -0.2) is 0 Å². The van der Waals surface area contributed by atoms with Crippen LogP contribution < -0.4 is 0 Å². The van der Waals surface area contributed by atoms with Crippen LogP contribution in [0.3, 0.4) is 0 Å². The Bertz CT molecular complexity index is 589. The van der Waals surface area contributed by atoms with E-state index in [1.165, 1.54) is 5.56 Å². The van der Waals surface area contributed by atoms with Crippen LogP contribution in [0.4, 0.5) is 0 Å². The molecule has 0 aliphatic heterocycles. The highest BCUT2D eigenvalue weighted by atomic mass is 16.2. The molecule has 2 aromatic heterocycles. The second-order valence-corrected chi connectivity index (χ2v) is 5.36. The van der Waals surface area contributed by atoms with Crippen LogP contribution in [0.15, 0.2) is 30.6 Å². The van der Waals surface area contributed by atoms with Gasteiger partial charge in [0.15, 0.2) is 0 Å². The summed E-state index contributed by atoms with van der Waals surface area (Å²) in [5.41, 5.74) is 4.51. The van der Waals surface area contributed by atoms with E-state index in [0.717, 1.165) is 36.5 Å². The Morgan fingerprint density at radius 2 is 2.00 bits per heavy atom. The van der Waals surface area contributed by atoms with Crippen LogP contribution in [-0.2, 0) is 17.6 Å². The second kappa shape index (κ2) is 7.07. The van der Waals surface area contributed by atoms with Gasteiger partial charge in [0.1, 0.15) is 0 Å². The first-order valence-electron chi connectivity index (χ1n) is 7.42. The Balaban J connectivity index is 1.94. The van der Waals surface area contributed by atoms with E-state index < -0.39 is 0 Å². The number of pyridine rings is 1. The standard InChI is InChI=1S/C17H23N3O/c1-4-20(10-7-15-5-8-18-9-6-15)17(21)12-16-11-13(2)19-14(16)3/h5-6,8-9,11,19H,4,7,10,12H2,1-3H3. The lowest BCUT2D eigenvalue weighted by Crippen LogP contribution is -2.34. The van der Waals surface area contributed by atoms with Crippen LogP contribution in [0.2, 0.25) is 0 Å². The Hall–Kier alpha value is -2.10. The predicted octanol–water partition coefficient (Wildman–Crippen LogP) is 2.66. The van der Waals surface area contributed by atoms with Crippen LogP contribution in [0.25, 0.3) is 0 Å². The minimum absolute atomic E-state index is 0.189. The number of carbonyl (C=O) groups is 1. The highest BCUT2D eigenvalue weighted by molar-refractivity contribution is 5.79. The molecule has 21 heavy (non-hydrogen) atoms. The number of likely N-dealkylation sites (N-methyl/N-ethyl adjacent to an activating group) is 1. The van der Waals surface area contributed by atoms with Crippen LogP contribution in [-0.4, -0.2) is 33.9 Å². The van der Waals surface area contributed by atoms with Crippen molar-refractivity contribution in [3.8, 4) is 0 Å². The number of H-pyrrole nitrogens is 1. The Kier molecular flexibility index (Phi) is 5.14. The number of nitrogens with one attached hydrogen (secondary N) is 1. The van der Waals surface area contributed by atoms with Crippen LogP contribution in [0, 0.1) is 13.8 Å². The molecule has 0 saturated carbocycles. The van der Waals surface area contributed by atoms with Crippen molar-refractivity contribution >= 4 is 5.91 Å². The summed E-state index contributed by atoms with van der Waals surface area (Å²) in [5, 5.41) is 0. The molecule has 4 heteroatoms. The molecular weight excluding hydrogens is 262 g/mol. The second-order valence-electron chi connectivity index (χ2n) is 5.36. The molecule has 0 aliphatic rings. The molecule has 0 aromatic carbocycles. The Labute approximate surface area is 126 Å². The molecule has 0 atom stereocenters. The van der Waals surface area contributed by atoms with E-state index >= 15 is 0 Å². The van der Waals surface area contributed by atoms with Crippen molar-refractivity contribution in [2.45, 2.75) is 33.6 Å². The topological polar surface area (TPSA) is 49.0 Å². The van der Waals surface area contributed by atoms with Gasteiger partial charge in [-0.15, -0.1) is 0 Å². The molecule has 0 unspecified atom stereocenters. The minimum atomic E-state index is 0.189. The maximum atomic E-state index is 12.4. The summed E-state index contributed by atoms with van der Waals surface area (Å²) < 4.78 is 0. The third-order valence-corrected chi connectivity index (χ3v) is 3.75. The summed E-state index contributed by atoms with van der Waals surface area (Å²) in [6, 6.07) is 6.06. The van der Waals surface area contributed by atoms with Gasteiger partial charge in [0.2, 0.25) is 5.91 Å². The molecule has 112 valence electrons. The summed E-state index contributed by atoms with van der Waals surface area (Å²) in [6.45, 7) is 7.55. The summed E-state index contributed by atoms with van der Waals surface area (Å²) in [4.78, 5) is 21.6. The maximum absolute atomic E-state index is 12.4. The molecule has 1 amide bonds. The number of aromatic nitrogens is 2. The van der Waals surface area contributed by atoms with Gasteiger partial charge >= 0.3 is 0 Å². The van der Waals surface area contributed by atoms with Crippen molar-refractivity contribution in [2.24, 2.45) is 0 Å². The third-order valence-electron chi connectivity index (χ3n) is 3.75. The number of hydrogen-bond donors (Lipinski definition) is 1. The summed E-state index contributed by atoms with van der Waals surface area (Å²) >= 11 is 0. The van der Waals surface area contributed by atoms with Crippen molar-refractivity contribution in [2.75, 3.05) is 13.1 Å². The SMILES string of the molecule is CCN(CCc1ccncc1)C(=O)Cc1cc(C)[nH]c1C. The van der Waals surface area contributed by atoms with Crippen molar-refractivity contribution in [3.63, 3.8) is 0 Å². The summed E-state index contributed by atoms with van der Waals surface area (Å²) in [6.07, 6.45) is 4.92. The van der Waals surface area contributed by atoms with Gasteiger partial charge in [0.25, 0.3) is 0 Å². The fraction of sp³-hybridized carbons (Fsp3) is 0.412. The van der Waals surface area contributed by atoms with E-state index in [2.05, 4.69) is 16.0 Å². The monoisotopic (exact) mass is 285 g/mol. The van der Waals surface area contributed by atoms with Crippen molar-refractivity contribution < 1.29 is 4.79 Å². The van der Waals surface area contributed by atoms with Crippen molar-refractivity contribution in [3.05, 3.63) is 53.1 Å². The zero-order valence-corrected chi connectivity index (χ0v) is 13.0. The molecule has 2 heterocycles. The molecule has 0 aliphatic carbocycles. The molecule has 4 nitrogen and oxygen atoms in total. The largest absolute Gasteiger partial charge is 0.362 e. The van der Waals surface area contributed by atoms with Crippen LogP contribution in [0.1, 0.15) is 29.4 Å². The van der Waals surface area contributed by atoms with Gasteiger partial charge in [0.05, 0.1) is 6.42 Å². The zero-order chi connectivity index (χ0) is 15.2. The lowest BCUT2D eigenvalue weighted by Gasteiger charge is -2.21. The van der Waals surface area contributed by atoms with E-state index in [9.17, 15) is 4.79 Å². The van der Waals surface area contributed by atoms with Gasteiger partial charge in [-0.05, 0) is 56.5 Å². The molecule has 0 radical (unpaired) electrons. The van der Waals surface area contributed by atoms with Crippen LogP contribution >= 0.6 is 0 Å². The first kappa shape index (κ1) is 15.3. The van der Waals surface area contributed by atoms with Gasteiger partial charge in [-0.2, -0.15) is 0 Å². The number of amides is 1. The Morgan fingerprint density at radius 1 is 1.29 bits per heavy atom. The van der Waals surface area contributed by atoms with Gasteiger partial charge < -0.3 is 9.88 Å². The van der Waals surface area contributed by atoms with E-state index in [1.54, 1.807) is 12.4 Å². The molecule has 2 rings (SSSR count). The molecule has 0 saturated heterocycles. The van der Waals surface area contributed by atoms with Gasteiger partial charge in [-0.3, -0.25) is 9.78 Å². The average Bonchev–Trinajstić information content (AvgIpc) is 2.78. The number of rotatable bonds is 6. The fourth-order valence-electron chi connectivity index (χ4n) is 2.51. The first-order chi connectivity index (χ1) is 10.1. The molecular formula is C17H23N3O. The lowest BCUT2D eigenvalue weighted by molar-refractivity contribution is -0.130. The summed E-state index contributed by atoms with van der Waals surface area (Å²) in [5.74, 6) is 0.189. The third kappa shape index (κ3) is 4.18. The molecule has 1 N–H and O–H groups in total. The molecule has 0 spiro atoms. The smallest absolute Gasteiger partial charge is 0.227 e. The number of carbonyl (C=O) groups excluding carboxylic acids is 1. The zero-order valence-electron chi connectivity index (χ0n) is 13.0. The van der Waals surface area contributed by atoms with Gasteiger partial charge in [0, 0.05) is 36.9 Å². The average molecular weight is 285 g/mol. The van der Waals surface area contributed by atoms with E-state index in [4.69, 9.17) is 0 Å². The van der Waals surface area contributed by atoms with Crippen LogP contribution in [0.5, 0.6) is 0 Å². The van der Waals surface area contributed by atoms with E-state index in [0.29, 0.717) is 6.42 Å². The first-order valence-corrected chi connectivity index (χ1v) is 7.42. The maximum Gasteiger partial charge on any atom is 0.227 e. The van der Waals surface area contributed by atoms with E-state index in [-0.39, 0.29) is 5.91 Å². The number of nitrogens with zero attached hydrogens (tertiary/aromatic N) is 2. The van der Waals surface area contributed by atoms with Gasteiger partial charge in [-0.1, -0.05) is 0 Å². The molecule has 0 fully saturated rings. The highest BCUT2D eigenvalue weighted by Crippen LogP contribution is 2.12. The number of aromatic amines is 1. The fourth-order valence-corrected chi connectivity index (χ4v) is 2.51. The van der Waals surface area contributed by atoms with E-state index in [1.807, 2.05) is 37.8 Å². The number of aryl methyl sites for hydroxylation is 2. The quantitative estimate of drug-likeness (QED) is 0.887. The molecule has 2 aromatic rings. The predicted molar refractivity (Wildman–Crippen MR) is 84.2 cm³/mol. The lowest BCUT2D eigenvalue weighted by atomic mass is 10.1. The normalized spacial score (nSPS) is 10.6. The number of hydrogen-bond acceptors (Lipinski definition) is 2. The molecule has 0 bridgehead atoms. The van der Waals surface area contributed by atoms with Crippen molar-refractivity contribution in [1.29, 1.82) is 0 Å². The minimum Gasteiger partial charge on any atom is -0.362 e. The summed E-state index contributed by atoms with van der Waals surface area (Å²) in [7, 11) is 0. The van der Waals surface area contributed by atoms with Crippen molar-refractivity contribution in [1.82, 2.24) is 14.9 Å². The highest BCUT2D eigenvalue weighted by Gasteiger charge is 2.14. The Morgan fingerprint density at radius 3 is 2.57 bits per heavy atom.